The maximum atomic E-state index is 10.6. The number of nitro benzene ring substituents is 1. The fraction of sp³-hybridized carbons (Fsp3) is 0.267. The highest BCUT2D eigenvalue weighted by molar-refractivity contribution is 5.77. The number of non-ortho nitro benzene ring substituents is 1. The van der Waals surface area contributed by atoms with E-state index in [2.05, 4.69) is 5.10 Å². The van der Waals surface area contributed by atoms with Gasteiger partial charge in [0.1, 0.15) is 11.5 Å². The second kappa shape index (κ2) is 6.40. The largest absolute Gasteiger partial charge is 0.455 e. The molecule has 1 aromatic carbocycles. The highest BCUT2D eigenvalue weighted by Gasteiger charge is 2.09. The molecule has 2 heterocycles. The van der Waals surface area contributed by atoms with Crippen molar-refractivity contribution < 1.29 is 14.1 Å². The number of nitro groups is 1. The zero-order chi connectivity index (χ0) is 15.4. The summed E-state index contributed by atoms with van der Waals surface area (Å²) in [4.78, 5) is 10.2. The molecule has 3 rings (SSSR count). The number of benzene rings is 1. The molecule has 1 aromatic heterocycles. The van der Waals surface area contributed by atoms with Crippen molar-refractivity contribution in [2.75, 3.05) is 26.3 Å². The summed E-state index contributed by atoms with van der Waals surface area (Å²) in [5.74, 6) is 1.29. The standard InChI is InChI=1S/C15H15N3O4/c19-18(20)13-3-1-12(2-4-13)15-6-5-14(22-15)11-16-17-7-9-21-10-8-17/h1-6,11H,7-10H2. The molecule has 114 valence electrons. The van der Waals surface area contributed by atoms with E-state index in [1.165, 1.54) is 12.1 Å². The second-order valence-electron chi connectivity index (χ2n) is 4.82. The van der Waals surface area contributed by atoms with Crippen LogP contribution in [-0.4, -0.2) is 42.5 Å². The normalized spacial score (nSPS) is 15.4. The molecule has 0 saturated carbocycles. The van der Waals surface area contributed by atoms with Crippen LogP contribution in [0.3, 0.4) is 0 Å². The van der Waals surface area contributed by atoms with Gasteiger partial charge in [-0.05, 0) is 24.3 Å². The van der Waals surface area contributed by atoms with Crippen LogP contribution in [-0.2, 0) is 4.74 Å². The molecular weight excluding hydrogens is 286 g/mol. The summed E-state index contributed by atoms with van der Waals surface area (Å²) in [6.07, 6.45) is 1.67. The Labute approximate surface area is 126 Å². The molecule has 1 aliphatic rings. The number of nitrogens with zero attached hydrogens (tertiary/aromatic N) is 3. The number of morpholine rings is 1. The third-order valence-corrected chi connectivity index (χ3v) is 3.33. The van der Waals surface area contributed by atoms with Crippen molar-refractivity contribution in [3.63, 3.8) is 0 Å². The summed E-state index contributed by atoms with van der Waals surface area (Å²) >= 11 is 0. The zero-order valence-electron chi connectivity index (χ0n) is 11.8. The van der Waals surface area contributed by atoms with Crippen LogP contribution >= 0.6 is 0 Å². The lowest BCUT2D eigenvalue weighted by molar-refractivity contribution is -0.384. The van der Waals surface area contributed by atoms with Crippen LogP contribution in [0.2, 0.25) is 0 Å². The van der Waals surface area contributed by atoms with Crippen molar-refractivity contribution in [1.29, 1.82) is 0 Å². The Hall–Kier alpha value is -2.67. The van der Waals surface area contributed by atoms with Gasteiger partial charge in [0.05, 0.1) is 37.4 Å². The van der Waals surface area contributed by atoms with Gasteiger partial charge in [0.2, 0.25) is 0 Å². The first kappa shape index (κ1) is 14.3. The maximum absolute atomic E-state index is 10.6. The molecule has 0 spiro atoms. The van der Waals surface area contributed by atoms with Gasteiger partial charge in [0.15, 0.2) is 0 Å². The molecule has 0 radical (unpaired) electrons. The lowest BCUT2D eigenvalue weighted by Gasteiger charge is -2.23. The maximum Gasteiger partial charge on any atom is 0.269 e. The molecule has 22 heavy (non-hydrogen) atoms. The van der Waals surface area contributed by atoms with Crippen molar-refractivity contribution >= 4 is 11.9 Å². The van der Waals surface area contributed by atoms with Gasteiger partial charge in [0, 0.05) is 17.7 Å². The van der Waals surface area contributed by atoms with Crippen LogP contribution in [0, 0.1) is 10.1 Å². The number of ether oxygens (including phenoxy) is 1. The van der Waals surface area contributed by atoms with Crippen molar-refractivity contribution in [2.45, 2.75) is 0 Å². The number of hydrazone groups is 1. The Morgan fingerprint density at radius 1 is 1.14 bits per heavy atom. The van der Waals surface area contributed by atoms with Gasteiger partial charge in [0.25, 0.3) is 5.69 Å². The molecule has 7 heteroatoms. The molecule has 2 aromatic rings. The molecule has 0 atom stereocenters. The minimum absolute atomic E-state index is 0.0596. The molecule has 0 unspecified atom stereocenters. The second-order valence-corrected chi connectivity index (χ2v) is 4.82. The van der Waals surface area contributed by atoms with Crippen molar-refractivity contribution in [3.8, 4) is 11.3 Å². The van der Waals surface area contributed by atoms with Crippen LogP contribution in [0.5, 0.6) is 0 Å². The van der Waals surface area contributed by atoms with E-state index < -0.39 is 4.92 Å². The fourth-order valence-electron chi connectivity index (χ4n) is 2.13. The first-order valence-electron chi connectivity index (χ1n) is 6.94. The van der Waals surface area contributed by atoms with E-state index in [4.69, 9.17) is 9.15 Å². The Kier molecular flexibility index (Phi) is 4.15. The van der Waals surface area contributed by atoms with E-state index in [1.54, 1.807) is 18.3 Å². The molecule has 0 N–H and O–H groups in total. The Morgan fingerprint density at radius 2 is 1.86 bits per heavy atom. The Morgan fingerprint density at radius 3 is 2.55 bits per heavy atom. The summed E-state index contributed by atoms with van der Waals surface area (Å²) in [5.41, 5.74) is 0.848. The smallest absolute Gasteiger partial charge is 0.269 e. The Bertz CT molecular complexity index is 672. The predicted octanol–water partition coefficient (Wildman–Crippen LogP) is 2.52. The van der Waals surface area contributed by atoms with Crippen LogP contribution in [0.4, 0.5) is 5.69 Å². The summed E-state index contributed by atoms with van der Waals surface area (Å²) in [7, 11) is 0. The fourth-order valence-corrected chi connectivity index (χ4v) is 2.13. The molecule has 1 saturated heterocycles. The van der Waals surface area contributed by atoms with Gasteiger partial charge < -0.3 is 9.15 Å². The lowest BCUT2D eigenvalue weighted by atomic mass is 10.1. The summed E-state index contributed by atoms with van der Waals surface area (Å²) in [6.45, 7) is 2.91. The van der Waals surface area contributed by atoms with Crippen molar-refractivity contribution in [2.24, 2.45) is 5.10 Å². The number of furan rings is 1. The van der Waals surface area contributed by atoms with Crippen LogP contribution in [0.15, 0.2) is 45.9 Å². The average Bonchev–Trinajstić information content (AvgIpc) is 3.03. The van der Waals surface area contributed by atoms with Gasteiger partial charge in [-0.3, -0.25) is 15.1 Å². The minimum Gasteiger partial charge on any atom is -0.455 e. The predicted molar refractivity (Wildman–Crippen MR) is 80.8 cm³/mol. The zero-order valence-corrected chi connectivity index (χ0v) is 11.8. The van der Waals surface area contributed by atoms with Gasteiger partial charge in [-0.25, -0.2) is 0 Å². The van der Waals surface area contributed by atoms with Crippen LogP contribution in [0.1, 0.15) is 5.76 Å². The lowest BCUT2D eigenvalue weighted by Crippen LogP contribution is -2.32. The summed E-state index contributed by atoms with van der Waals surface area (Å²) < 4.78 is 10.9. The molecule has 0 amide bonds. The first-order chi connectivity index (χ1) is 10.7. The summed E-state index contributed by atoms with van der Waals surface area (Å²) in [5, 5.41) is 16.9. The van der Waals surface area contributed by atoms with Gasteiger partial charge in [-0.15, -0.1) is 0 Å². The monoisotopic (exact) mass is 301 g/mol. The molecule has 0 aliphatic carbocycles. The van der Waals surface area contributed by atoms with Crippen LogP contribution < -0.4 is 0 Å². The number of hydrogen-bond acceptors (Lipinski definition) is 6. The minimum atomic E-state index is -0.424. The highest BCUT2D eigenvalue weighted by Crippen LogP contribution is 2.24. The van der Waals surface area contributed by atoms with E-state index >= 15 is 0 Å². The molecule has 1 aliphatic heterocycles. The van der Waals surface area contributed by atoms with E-state index in [9.17, 15) is 10.1 Å². The molecular formula is C15H15N3O4. The van der Waals surface area contributed by atoms with Crippen molar-refractivity contribution in [1.82, 2.24) is 5.01 Å². The average molecular weight is 301 g/mol. The molecule has 7 nitrogen and oxygen atoms in total. The third kappa shape index (κ3) is 3.32. The van der Waals surface area contributed by atoms with E-state index in [-0.39, 0.29) is 5.69 Å². The van der Waals surface area contributed by atoms with E-state index in [1.807, 2.05) is 17.1 Å². The summed E-state index contributed by atoms with van der Waals surface area (Å²) in [6, 6.07) is 9.89. The SMILES string of the molecule is O=[N+]([O-])c1ccc(-c2ccc(C=NN3CCOCC3)o2)cc1. The number of hydrogen-bond donors (Lipinski definition) is 0. The Balaban J connectivity index is 1.70. The highest BCUT2D eigenvalue weighted by atomic mass is 16.6. The van der Waals surface area contributed by atoms with Crippen LogP contribution in [0.25, 0.3) is 11.3 Å². The third-order valence-electron chi connectivity index (χ3n) is 3.33. The topological polar surface area (TPSA) is 81.1 Å². The van der Waals surface area contributed by atoms with E-state index in [0.29, 0.717) is 24.7 Å². The first-order valence-corrected chi connectivity index (χ1v) is 6.94. The van der Waals surface area contributed by atoms with E-state index in [0.717, 1.165) is 18.7 Å². The van der Waals surface area contributed by atoms with Crippen molar-refractivity contribution in [3.05, 3.63) is 52.3 Å². The molecule has 0 bridgehead atoms. The van der Waals surface area contributed by atoms with Gasteiger partial charge >= 0.3 is 0 Å². The number of rotatable bonds is 4. The van der Waals surface area contributed by atoms with Gasteiger partial charge in [-0.1, -0.05) is 0 Å². The van der Waals surface area contributed by atoms with Gasteiger partial charge in [-0.2, -0.15) is 5.10 Å². The quantitative estimate of drug-likeness (QED) is 0.492. The molecule has 1 fully saturated rings.